The Balaban J connectivity index is 3.50. The first-order valence-electron chi connectivity index (χ1n) is 6.94. The molecule has 0 aromatic heterocycles. The predicted molar refractivity (Wildman–Crippen MR) is 73.7 cm³/mol. The van der Waals surface area contributed by atoms with E-state index in [2.05, 4.69) is 9.47 Å². The molecule has 0 bridgehead atoms. The molecule has 126 valence electrons. The lowest BCUT2D eigenvalue weighted by molar-refractivity contribution is -0.153. The molecule has 0 N–H and O–H groups in total. The molecule has 22 heavy (non-hydrogen) atoms. The summed E-state index contributed by atoms with van der Waals surface area (Å²) >= 11 is 0. The van der Waals surface area contributed by atoms with Gasteiger partial charge < -0.3 is 18.9 Å². The van der Waals surface area contributed by atoms with Gasteiger partial charge in [0.25, 0.3) is 0 Å². The Bertz CT molecular complexity index is 341. The lowest BCUT2D eigenvalue weighted by Gasteiger charge is -2.06. The van der Waals surface area contributed by atoms with Crippen molar-refractivity contribution < 1.29 is 38.1 Å². The van der Waals surface area contributed by atoms with Crippen molar-refractivity contribution in [3.05, 3.63) is 0 Å². The van der Waals surface area contributed by atoms with Crippen LogP contribution in [0.15, 0.2) is 0 Å². The molecule has 0 aromatic carbocycles. The molecular weight excluding hydrogens is 296 g/mol. The van der Waals surface area contributed by atoms with Gasteiger partial charge in [-0.25, -0.2) is 0 Å². The Labute approximate surface area is 129 Å². The van der Waals surface area contributed by atoms with Gasteiger partial charge in [-0.15, -0.1) is 0 Å². The van der Waals surface area contributed by atoms with E-state index in [-0.39, 0.29) is 50.8 Å². The Kier molecular flexibility index (Phi) is 11.4. The predicted octanol–water partition coefficient (Wildman–Crippen LogP) is 0.759. The van der Waals surface area contributed by atoms with Crippen molar-refractivity contribution in [2.45, 2.75) is 38.5 Å². The van der Waals surface area contributed by atoms with E-state index in [0.29, 0.717) is 12.8 Å². The first-order chi connectivity index (χ1) is 10.5. The van der Waals surface area contributed by atoms with E-state index in [1.165, 1.54) is 14.2 Å². The lowest BCUT2D eigenvalue weighted by atomic mass is 10.2. The van der Waals surface area contributed by atoms with E-state index in [0.717, 1.165) is 0 Å². The molecule has 0 saturated heterocycles. The average molecular weight is 318 g/mol. The molecule has 0 spiro atoms. The van der Waals surface area contributed by atoms with Crippen molar-refractivity contribution in [1.82, 2.24) is 0 Å². The van der Waals surface area contributed by atoms with Crippen LogP contribution in [0.2, 0.25) is 0 Å². The summed E-state index contributed by atoms with van der Waals surface area (Å²) in [5.41, 5.74) is 0. The van der Waals surface area contributed by atoms with Crippen LogP contribution in [0.1, 0.15) is 38.5 Å². The maximum absolute atomic E-state index is 11.3. The molecule has 0 heterocycles. The van der Waals surface area contributed by atoms with Crippen LogP contribution >= 0.6 is 0 Å². The number of methoxy groups -OCH3 is 2. The highest BCUT2D eigenvalue weighted by Gasteiger charge is 2.08. The monoisotopic (exact) mass is 318 g/mol. The molecule has 0 aliphatic carbocycles. The topological polar surface area (TPSA) is 105 Å². The normalized spacial score (nSPS) is 9.73. The minimum absolute atomic E-state index is 0.0419. The number of rotatable bonds is 11. The first kappa shape index (κ1) is 19.9. The van der Waals surface area contributed by atoms with Crippen LogP contribution in [0, 0.1) is 0 Å². The Morgan fingerprint density at radius 1 is 0.591 bits per heavy atom. The van der Waals surface area contributed by atoms with E-state index in [4.69, 9.17) is 9.47 Å². The molecule has 0 fully saturated rings. The Morgan fingerprint density at radius 3 is 1.23 bits per heavy atom. The fourth-order valence-electron chi connectivity index (χ4n) is 1.41. The fraction of sp³-hybridized carbons (Fsp3) is 0.714. The number of hydrogen-bond donors (Lipinski definition) is 0. The van der Waals surface area contributed by atoms with Crippen molar-refractivity contribution in [3.8, 4) is 0 Å². The van der Waals surface area contributed by atoms with Gasteiger partial charge in [0.1, 0.15) is 13.2 Å². The summed E-state index contributed by atoms with van der Waals surface area (Å²) in [6.07, 6.45) is 1.20. The molecule has 8 heteroatoms. The van der Waals surface area contributed by atoms with Gasteiger partial charge in [-0.2, -0.15) is 0 Å². The second kappa shape index (κ2) is 12.6. The van der Waals surface area contributed by atoms with Crippen molar-refractivity contribution in [3.63, 3.8) is 0 Å². The Morgan fingerprint density at radius 2 is 0.909 bits per heavy atom. The number of hydrogen-bond acceptors (Lipinski definition) is 8. The lowest BCUT2D eigenvalue weighted by Crippen LogP contribution is -2.14. The minimum Gasteiger partial charge on any atom is -0.469 e. The van der Waals surface area contributed by atoms with Crippen LogP contribution in [0.3, 0.4) is 0 Å². The molecule has 0 aliphatic rings. The number of carbonyl (C=O) groups excluding carboxylic acids is 4. The number of esters is 4. The van der Waals surface area contributed by atoms with Crippen molar-refractivity contribution in [2.24, 2.45) is 0 Å². The van der Waals surface area contributed by atoms with E-state index < -0.39 is 11.9 Å². The Hall–Kier alpha value is -2.12. The zero-order chi connectivity index (χ0) is 16.8. The summed E-state index contributed by atoms with van der Waals surface area (Å²) in [6, 6.07) is 0. The average Bonchev–Trinajstić information content (AvgIpc) is 2.51. The highest BCUT2D eigenvalue weighted by molar-refractivity contribution is 5.73. The van der Waals surface area contributed by atoms with Gasteiger partial charge in [0.2, 0.25) is 0 Å². The SMILES string of the molecule is COC(=O)CCCC(=O)OCCOC(=O)CCCC(=O)OC. The molecule has 0 saturated carbocycles. The molecule has 0 radical (unpaired) electrons. The van der Waals surface area contributed by atoms with Gasteiger partial charge in [-0.05, 0) is 12.8 Å². The smallest absolute Gasteiger partial charge is 0.305 e. The maximum Gasteiger partial charge on any atom is 0.305 e. The minimum atomic E-state index is -0.467. The van der Waals surface area contributed by atoms with Gasteiger partial charge in [-0.3, -0.25) is 19.2 Å². The van der Waals surface area contributed by atoms with E-state index in [9.17, 15) is 19.2 Å². The van der Waals surface area contributed by atoms with Crippen LogP contribution in [-0.4, -0.2) is 51.3 Å². The van der Waals surface area contributed by atoms with Gasteiger partial charge in [-0.1, -0.05) is 0 Å². The summed E-state index contributed by atoms with van der Waals surface area (Å²) in [7, 11) is 2.56. The van der Waals surface area contributed by atoms with E-state index in [1.54, 1.807) is 0 Å². The summed E-state index contributed by atoms with van der Waals surface area (Å²) in [5, 5.41) is 0. The summed E-state index contributed by atoms with van der Waals surface area (Å²) in [4.78, 5) is 44.2. The van der Waals surface area contributed by atoms with Crippen LogP contribution in [0.5, 0.6) is 0 Å². The van der Waals surface area contributed by atoms with Crippen molar-refractivity contribution in [2.75, 3.05) is 27.4 Å². The molecule has 0 amide bonds. The van der Waals surface area contributed by atoms with Crippen LogP contribution in [0.25, 0.3) is 0 Å². The second-order valence-corrected chi connectivity index (χ2v) is 4.30. The quantitative estimate of drug-likeness (QED) is 0.312. The highest BCUT2D eigenvalue weighted by Crippen LogP contribution is 2.01. The standard InChI is InChI=1S/C14H22O8/c1-19-11(15)5-3-7-13(17)21-9-10-22-14(18)8-4-6-12(16)20-2/h3-10H2,1-2H3. The van der Waals surface area contributed by atoms with Crippen LogP contribution in [-0.2, 0) is 38.1 Å². The number of carbonyl (C=O) groups is 4. The number of ether oxygens (including phenoxy) is 4. The molecule has 0 aromatic rings. The van der Waals surface area contributed by atoms with Crippen LogP contribution in [0.4, 0.5) is 0 Å². The van der Waals surface area contributed by atoms with Gasteiger partial charge >= 0.3 is 23.9 Å². The largest absolute Gasteiger partial charge is 0.469 e. The third kappa shape index (κ3) is 11.7. The molecule has 0 unspecified atom stereocenters. The van der Waals surface area contributed by atoms with E-state index in [1.807, 2.05) is 0 Å². The summed E-state index contributed by atoms with van der Waals surface area (Å²) in [5.74, 6) is -1.70. The third-order valence-corrected chi connectivity index (χ3v) is 2.59. The zero-order valence-electron chi connectivity index (χ0n) is 12.9. The third-order valence-electron chi connectivity index (χ3n) is 2.59. The summed E-state index contributed by atoms with van der Waals surface area (Å²) < 4.78 is 18.5. The van der Waals surface area contributed by atoms with Crippen LogP contribution < -0.4 is 0 Å². The zero-order valence-corrected chi connectivity index (χ0v) is 12.9. The molecule has 8 nitrogen and oxygen atoms in total. The van der Waals surface area contributed by atoms with Gasteiger partial charge in [0, 0.05) is 25.7 Å². The van der Waals surface area contributed by atoms with Gasteiger partial charge in [0.05, 0.1) is 14.2 Å². The van der Waals surface area contributed by atoms with Gasteiger partial charge in [0.15, 0.2) is 0 Å². The van der Waals surface area contributed by atoms with Crippen molar-refractivity contribution >= 4 is 23.9 Å². The molecule has 0 aliphatic heterocycles. The highest BCUT2D eigenvalue weighted by atomic mass is 16.6. The first-order valence-corrected chi connectivity index (χ1v) is 6.94. The van der Waals surface area contributed by atoms with Crippen molar-refractivity contribution in [1.29, 1.82) is 0 Å². The molecule has 0 atom stereocenters. The van der Waals surface area contributed by atoms with E-state index >= 15 is 0 Å². The fourth-order valence-corrected chi connectivity index (χ4v) is 1.41. The second-order valence-electron chi connectivity index (χ2n) is 4.30. The molecule has 0 rings (SSSR count). The molecular formula is C14H22O8. The maximum atomic E-state index is 11.3. The summed E-state index contributed by atoms with van der Waals surface area (Å²) in [6.45, 7) is -0.0837.